The number of anilines is 3. The Bertz CT molecular complexity index is 3770. The second-order valence-corrected chi connectivity index (χ2v) is 22.8. The van der Waals surface area contributed by atoms with Gasteiger partial charge in [-0.05, 0) is 192 Å². The Hall–Kier alpha value is -8.00. The Morgan fingerprint density at radius 3 is 1.27 bits per heavy atom. The molecule has 0 aliphatic heterocycles. The van der Waals surface area contributed by atoms with Gasteiger partial charge in [0.05, 0.1) is 0 Å². The van der Waals surface area contributed by atoms with Crippen LogP contribution in [0, 0.1) is 23.7 Å². The van der Waals surface area contributed by atoms with E-state index in [1.807, 2.05) is 0 Å². The molecular weight excluding hydrogens is 891 g/mol. The monoisotopic (exact) mass is 949 g/mol. The van der Waals surface area contributed by atoms with Crippen molar-refractivity contribution in [1.82, 2.24) is 0 Å². The summed E-state index contributed by atoms with van der Waals surface area (Å²) < 4.78 is 0. The number of hydrogen-bond acceptors (Lipinski definition) is 1. The fraction of sp³-hybridized carbons (Fsp3) is 0.178. The second-order valence-electron chi connectivity index (χ2n) is 22.8. The highest BCUT2D eigenvalue weighted by atomic mass is 15.1. The lowest BCUT2D eigenvalue weighted by Gasteiger charge is -2.61. The van der Waals surface area contributed by atoms with Crippen LogP contribution < -0.4 is 4.90 Å². The van der Waals surface area contributed by atoms with Crippen LogP contribution in [0.2, 0.25) is 0 Å². The Morgan fingerprint density at radius 2 is 0.689 bits per heavy atom. The zero-order valence-electron chi connectivity index (χ0n) is 42.3. The smallest absolute Gasteiger partial charge is 0.0465 e. The van der Waals surface area contributed by atoms with Gasteiger partial charge >= 0.3 is 0 Å². The number of rotatable bonds is 8. The molecule has 6 aliphatic carbocycles. The third kappa shape index (κ3) is 6.55. The van der Waals surface area contributed by atoms with Crippen molar-refractivity contribution in [3.63, 3.8) is 0 Å². The molecule has 1 heteroatoms. The molecular formula is C73H59N. The first-order valence-corrected chi connectivity index (χ1v) is 27.2. The van der Waals surface area contributed by atoms with Crippen molar-refractivity contribution >= 4 is 17.1 Å². The van der Waals surface area contributed by atoms with E-state index in [0.29, 0.717) is 11.8 Å². The van der Waals surface area contributed by atoms with Crippen molar-refractivity contribution in [2.24, 2.45) is 23.7 Å². The van der Waals surface area contributed by atoms with Crippen LogP contribution in [-0.2, 0) is 10.8 Å². The summed E-state index contributed by atoms with van der Waals surface area (Å²) in [7, 11) is 0. The average molecular weight is 950 g/mol. The van der Waals surface area contributed by atoms with E-state index in [1.165, 1.54) is 127 Å². The van der Waals surface area contributed by atoms with Crippen LogP contribution in [0.5, 0.6) is 0 Å². The van der Waals surface area contributed by atoms with Crippen molar-refractivity contribution in [3.8, 4) is 77.9 Å². The summed E-state index contributed by atoms with van der Waals surface area (Å²) in [5, 5.41) is 0. The highest BCUT2D eigenvalue weighted by molar-refractivity contribution is 5.94. The summed E-state index contributed by atoms with van der Waals surface area (Å²) in [4.78, 5) is 2.53. The zero-order chi connectivity index (χ0) is 49.1. The largest absolute Gasteiger partial charge is 0.310 e. The topological polar surface area (TPSA) is 3.24 Å². The van der Waals surface area contributed by atoms with Gasteiger partial charge in [0.25, 0.3) is 0 Å². The Labute approximate surface area is 436 Å². The molecule has 1 spiro atoms. The van der Waals surface area contributed by atoms with E-state index < -0.39 is 0 Å². The number of nitrogens with zero attached hydrogens (tertiary/aromatic N) is 1. The standard InChI is InChI=1S/C73H59N/c1-72(2)68-25-12-10-22-64(68)67-24-14-23-66(71(67)72)62-20-9-8-19-61(62)53-33-37-57(38-34-53)74(56-35-31-52(32-36-56)60-18-7-6-17-59(60)51-29-27-50(28-30-51)49-15-4-3-5-16-49)58-39-40-65-63-21-11-13-26-69(63)73(70(65)46-58)54-42-47-41-48(44-54)45-55(73)43-47/h3-40,46-48,54-55H,41-45H2,1-2H3. The molecule has 0 amide bonds. The van der Waals surface area contributed by atoms with Crippen LogP contribution in [-0.4, -0.2) is 0 Å². The van der Waals surface area contributed by atoms with E-state index in [4.69, 9.17) is 0 Å². The average Bonchev–Trinajstić information content (AvgIpc) is 3.88. The van der Waals surface area contributed by atoms with Crippen molar-refractivity contribution in [2.75, 3.05) is 4.90 Å². The molecule has 0 unspecified atom stereocenters. The van der Waals surface area contributed by atoms with Crippen molar-refractivity contribution < 1.29 is 0 Å². The predicted octanol–water partition coefficient (Wildman–Crippen LogP) is 19.5. The van der Waals surface area contributed by atoms with Gasteiger partial charge in [-0.2, -0.15) is 0 Å². The summed E-state index contributed by atoms with van der Waals surface area (Å²) in [6, 6.07) is 89.4. The van der Waals surface area contributed by atoms with Crippen LogP contribution in [0.4, 0.5) is 17.1 Å². The fourth-order valence-corrected chi connectivity index (χ4v) is 15.8. The Morgan fingerprint density at radius 1 is 0.297 bits per heavy atom. The molecule has 0 heterocycles. The maximum atomic E-state index is 2.64. The summed E-state index contributed by atoms with van der Waals surface area (Å²) in [5.74, 6) is 3.18. The molecule has 6 aliphatic rings. The van der Waals surface area contributed by atoms with E-state index in [-0.39, 0.29) is 10.8 Å². The van der Waals surface area contributed by atoms with Crippen molar-refractivity contribution in [1.29, 1.82) is 0 Å². The van der Waals surface area contributed by atoms with Gasteiger partial charge < -0.3 is 4.90 Å². The van der Waals surface area contributed by atoms with Gasteiger partial charge in [0, 0.05) is 27.9 Å². The number of fused-ring (bicyclic) bond motifs is 6. The first kappa shape index (κ1) is 43.6. The molecule has 356 valence electrons. The molecule has 10 aromatic rings. The quantitative estimate of drug-likeness (QED) is 0.147. The van der Waals surface area contributed by atoms with E-state index in [0.717, 1.165) is 23.2 Å². The SMILES string of the molecule is CC1(C)c2ccccc2-c2cccc(-c3ccccc3-c3ccc(N(c4ccc(-c5ccccc5-c5ccc(-c6ccccc6)cc5)cc4)c4ccc5c(c4)C4(c6ccccc6-5)C5CC6CC(C5)CC4C6)cc3)c21. The first-order chi connectivity index (χ1) is 36.4. The molecule has 4 fully saturated rings. The van der Waals surface area contributed by atoms with Crippen molar-refractivity contribution in [3.05, 3.63) is 259 Å². The maximum absolute atomic E-state index is 2.64. The number of benzene rings is 10. The molecule has 4 saturated carbocycles. The van der Waals surface area contributed by atoms with Crippen LogP contribution >= 0.6 is 0 Å². The zero-order valence-corrected chi connectivity index (χ0v) is 42.3. The van der Waals surface area contributed by atoms with Gasteiger partial charge in [0.15, 0.2) is 0 Å². The molecule has 0 N–H and O–H groups in total. The molecule has 10 aromatic carbocycles. The minimum Gasteiger partial charge on any atom is -0.310 e. The van der Waals surface area contributed by atoms with Crippen LogP contribution in [0.1, 0.15) is 68.2 Å². The summed E-state index contributed by atoms with van der Waals surface area (Å²) in [5.41, 5.74) is 27.5. The van der Waals surface area contributed by atoms with Crippen molar-refractivity contribution in [2.45, 2.75) is 56.8 Å². The Balaban J connectivity index is 0.843. The first-order valence-electron chi connectivity index (χ1n) is 27.2. The molecule has 1 nitrogen and oxygen atoms in total. The lowest BCUT2D eigenvalue weighted by atomic mass is 9.43. The third-order valence-corrected chi connectivity index (χ3v) is 18.7. The molecule has 0 saturated heterocycles. The van der Waals surface area contributed by atoms with Gasteiger partial charge in [-0.3, -0.25) is 0 Å². The van der Waals surface area contributed by atoms with Crippen LogP contribution in [0.3, 0.4) is 0 Å². The molecule has 74 heavy (non-hydrogen) atoms. The maximum Gasteiger partial charge on any atom is 0.0465 e. The van der Waals surface area contributed by atoms with E-state index >= 15 is 0 Å². The molecule has 4 bridgehead atoms. The third-order valence-electron chi connectivity index (χ3n) is 18.7. The Kier molecular flexibility index (Phi) is 9.87. The molecule has 16 rings (SSSR count). The lowest BCUT2D eigenvalue weighted by molar-refractivity contribution is -0.0399. The van der Waals surface area contributed by atoms with Gasteiger partial charge in [-0.15, -0.1) is 0 Å². The highest BCUT2D eigenvalue weighted by Gasteiger charge is 2.61. The molecule has 0 atom stereocenters. The predicted molar refractivity (Wildman–Crippen MR) is 309 cm³/mol. The summed E-state index contributed by atoms with van der Waals surface area (Å²) >= 11 is 0. The van der Waals surface area contributed by atoms with Gasteiger partial charge in [0.1, 0.15) is 0 Å². The minimum atomic E-state index is -0.113. The molecule has 0 radical (unpaired) electrons. The molecule has 0 aromatic heterocycles. The normalized spacial score (nSPS) is 21.0. The van der Waals surface area contributed by atoms with E-state index in [1.54, 1.807) is 11.1 Å². The van der Waals surface area contributed by atoms with Gasteiger partial charge in [0.2, 0.25) is 0 Å². The highest BCUT2D eigenvalue weighted by Crippen LogP contribution is 2.69. The van der Waals surface area contributed by atoms with Crippen LogP contribution in [0.15, 0.2) is 237 Å². The van der Waals surface area contributed by atoms with Crippen LogP contribution in [0.25, 0.3) is 77.9 Å². The lowest BCUT2D eigenvalue weighted by Crippen LogP contribution is -2.55. The number of hydrogen-bond donors (Lipinski definition) is 0. The van der Waals surface area contributed by atoms with E-state index in [9.17, 15) is 0 Å². The minimum absolute atomic E-state index is 0.0784. The summed E-state index contributed by atoms with van der Waals surface area (Å²) in [6.45, 7) is 4.79. The fourth-order valence-electron chi connectivity index (χ4n) is 15.8. The van der Waals surface area contributed by atoms with Gasteiger partial charge in [-0.25, -0.2) is 0 Å². The second kappa shape index (κ2) is 16.8. The van der Waals surface area contributed by atoms with E-state index in [2.05, 4.69) is 255 Å². The summed E-state index contributed by atoms with van der Waals surface area (Å²) in [6.07, 6.45) is 6.93. The van der Waals surface area contributed by atoms with Gasteiger partial charge in [-0.1, -0.05) is 214 Å².